The Bertz CT molecular complexity index is 959. The van der Waals surface area contributed by atoms with Crippen LogP contribution in [0.3, 0.4) is 0 Å². The Balaban J connectivity index is 1.77. The Morgan fingerprint density at radius 2 is 2.15 bits per heavy atom. The van der Waals surface area contributed by atoms with E-state index in [4.69, 9.17) is 13.6 Å². The Morgan fingerprint density at radius 3 is 2.85 bits per heavy atom. The van der Waals surface area contributed by atoms with E-state index in [9.17, 15) is 14.9 Å². The number of hydrazone groups is 1. The molecule has 2 heterocycles. The zero-order valence-corrected chi connectivity index (χ0v) is 13.5. The fourth-order valence-electron chi connectivity index (χ4n) is 2.18. The number of ether oxygens (including phenoxy) is 1. The molecule has 3 aromatic rings. The van der Waals surface area contributed by atoms with Crippen molar-refractivity contribution < 1.29 is 23.3 Å². The average Bonchev–Trinajstić information content (AvgIpc) is 3.33. The second-order valence-corrected chi connectivity index (χ2v) is 5.02. The maximum Gasteiger partial charge on any atom is 0.307 e. The van der Waals surface area contributed by atoms with Gasteiger partial charge < -0.3 is 13.6 Å². The molecule has 0 unspecified atom stereocenters. The van der Waals surface area contributed by atoms with Crippen molar-refractivity contribution in [3.05, 3.63) is 70.4 Å². The lowest BCUT2D eigenvalue weighted by atomic mass is 10.1. The largest absolute Gasteiger partial charge is 0.497 e. The molecule has 0 bridgehead atoms. The summed E-state index contributed by atoms with van der Waals surface area (Å²) < 4.78 is 15.5. The molecular weight excluding hydrogens is 342 g/mol. The summed E-state index contributed by atoms with van der Waals surface area (Å²) in [7, 11) is 1.43. The summed E-state index contributed by atoms with van der Waals surface area (Å²) in [5.74, 6) is 0.581. The Hall–Kier alpha value is -3.88. The number of nitro benzene ring substituents is 1. The van der Waals surface area contributed by atoms with E-state index in [1.54, 1.807) is 24.3 Å². The molecule has 2 aromatic heterocycles. The van der Waals surface area contributed by atoms with Crippen molar-refractivity contribution in [2.45, 2.75) is 0 Å². The standard InChI is InChI=1S/C17H13N3O6/c1-24-11-4-6-13(14(9-11)20(22)23)15-7-5-12(26-15)10-18-19-17(21)16-3-2-8-25-16/h2-10H,1H3,(H,19,21)/b18-10-. The number of furan rings is 2. The molecule has 3 rings (SSSR count). The number of nitrogens with one attached hydrogen (secondary N) is 1. The number of nitrogens with zero attached hydrogens (tertiary/aromatic N) is 2. The predicted octanol–water partition coefficient (Wildman–Crippen LogP) is 3.22. The SMILES string of the molecule is COc1ccc(-c2ccc(/C=N\NC(=O)c3ccco3)o2)c([N+](=O)[O-])c1. The molecule has 0 saturated carbocycles. The van der Waals surface area contributed by atoms with Gasteiger partial charge in [0, 0.05) is 0 Å². The van der Waals surface area contributed by atoms with E-state index in [0.717, 1.165) is 0 Å². The normalized spacial score (nSPS) is 10.8. The van der Waals surface area contributed by atoms with Crippen LogP contribution in [0.15, 0.2) is 62.7 Å². The van der Waals surface area contributed by atoms with Gasteiger partial charge in [-0.05, 0) is 36.4 Å². The minimum Gasteiger partial charge on any atom is -0.497 e. The van der Waals surface area contributed by atoms with Crippen LogP contribution < -0.4 is 10.2 Å². The van der Waals surface area contributed by atoms with Crippen LogP contribution in [0.2, 0.25) is 0 Å². The number of carbonyl (C=O) groups is 1. The summed E-state index contributed by atoms with van der Waals surface area (Å²) in [6.45, 7) is 0. The first-order valence-corrected chi connectivity index (χ1v) is 7.38. The van der Waals surface area contributed by atoms with Crippen LogP contribution in [0.4, 0.5) is 5.69 Å². The Labute approximate surface area is 147 Å². The van der Waals surface area contributed by atoms with Gasteiger partial charge in [0.25, 0.3) is 5.69 Å². The van der Waals surface area contributed by atoms with Crippen molar-refractivity contribution in [1.29, 1.82) is 0 Å². The molecular formula is C17H13N3O6. The summed E-state index contributed by atoms with van der Waals surface area (Å²) in [4.78, 5) is 22.4. The maximum atomic E-state index is 11.7. The van der Waals surface area contributed by atoms with Gasteiger partial charge >= 0.3 is 5.91 Å². The molecule has 132 valence electrons. The summed E-state index contributed by atoms with van der Waals surface area (Å²) >= 11 is 0. The Kier molecular flexibility index (Phi) is 4.79. The number of amides is 1. The second-order valence-electron chi connectivity index (χ2n) is 5.02. The Morgan fingerprint density at radius 1 is 1.31 bits per heavy atom. The van der Waals surface area contributed by atoms with Gasteiger partial charge in [-0.25, -0.2) is 5.43 Å². The number of methoxy groups -OCH3 is 1. The highest BCUT2D eigenvalue weighted by Crippen LogP contribution is 2.33. The molecule has 0 aliphatic heterocycles. The molecule has 0 radical (unpaired) electrons. The van der Waals surface area contributed by atoms with E-state index in [1.165, 1.54) is 37.8 Å². The number of rotatable bonds is 6. The molecule has 26 heavy (non-hydrogen) atoms. The molecule has 0 fully saturated rings. The van der Waals surface area contributed by atoms with Gasteiger partial charge in [-0.15, -0.1) is 0 Å². The fourth-order valence-corrected chi connectivity index (χ4v) is 2.18. The van der Waals surface area contributed by atoms with Gasteiger partial charge in [-0.2, -0.15) is 5.10 Å². The zero-order valence-electron chi connectivity index (χ0n) is 13.5. The maximum absolute atomic E-state index is 11.7. The lowest BCUT2D eigenvalue weighted by Crippen LogP contribution is -2.16. The van der Waals surface area contributed by atoms with Crippen LogP contribution in [-0.2, 0) is 0 Å². The van der Waals surface area contributed by atoms with Crippen LogP contribution in [0.25, 0.3) is 11.3 Å². The van der Waals surface area contributed by atoms with E-state index >= 15 is 0 Å². The van der Waals surface area contributed by atoms with Crippen molar-refractivity contribution in [2.24, 2.45) is 5.10 Å². The number of hydrogen-bond donors (Lipinski definition) is 1. The van der Waals surface area contributed by atoms with Crippen molar-refractivity contribution in [1.82, 2.24) is 5.43 Å². The lowest BCUT2D eigenvalue weighted by molar-refractivity contribution is -0.384. The molecule has 0 aliphatic carbocycles. The van der Waals surface area contributed by atoms with Gasteiger partial charge in [0.15, 0.2) is 5.76 Å². The number of hydrogen-bond acceptors (Lipinski definition) is 7. The van der Waals surface area contributed by atoms with Crippen molar-refractivity contribution in [3.63, 3.8) is 0 Å². The summed E-state index contributed by atoms with van der Waals surface area (Å²) in [5.41, 5.74) is 2.44. The van der Waals surface area contributed by atoms with Gasteiger partial charge in [-0.3, -0.25) is 14.9 Å². The molecule has 1 aromatic carbocycles. The van der Waals surface area contributed by atoms with E-state index in [1.807, 2.05) is 0 Å². The van der Waals surface area contributed by atoms with Crippen LogP contribution in [-0.4, -0.2) is 24.2 Å². The third-order valence-electron chi connectivity index (χ3n) is 3.40. The molecule has 0 atom stereocenters. The topological polar surface area (TPSA) is 120 Å². The molecule has 1 N–H and O–H groups in total. The quantitative estimate of drug-likeness (QED) is 0.412. The van der Waals surface area contributed by atoms with E-state index in [0.29, 0.717) is 17.1 Å². The summed E-state index contributed by atoms with van der Waals surface area (Å²) in [6.07, 6.45) is 2.65. The molecule has 1 amide bonds. The van der Waals surface area contributed by atoms with Gasteiger partial charge in [0.2, 0.25) is 0 Å². The van der Waals surface area contributed by atoms with E-state index in [2.05, 4.69) is 10.5 Å². The molecule has 0 aliphatic rings. The highest BCUT2D eigenvalue weighted by molar-refractivity contribution is 5.92. The summed E-state index contributed by atoms with van der Waals surface area (Å²) in [6, 6.07) is 10.7. The average molecular weight is 355 g/mol. The number of nitro groups is 1. The molecule has 9 nitrogen and oxygen atoms in total. The lowest BCUT2D eigenvalue weighted by Gasteiger charge is -2.03. The van der Waals surface area contributed by atoms with Crippen LogP contribution in [0.1, 0.15) is 16.3 Å². The number of benzene rings is 1. The highest BCUT2D eigenvalue weighted by atomic mass is 16.6. The fraction of sp³-hybridized carbons (Fsp3) is 0.0588. The first kappa shape index (κ1) is 17.0. The predicted molar refractivity (Wildman–Crippen MR) is 91.1 cm³/mol. The number of carbonyl (C=O) groups excluding carboxylic acids is 1. The first-order valence-electron chi connectivity index (χ1n) is 7.38. The van der Waals surface area contributed by atoms with Crippen LogP contribution in [0.5, 0.6) is 5.75 Å². The third-order valence-corrected chi connectivity index (χ3v) is 3.40. The molecule has 0 spiro atoms. The van der Waals surface area contributed by atoms with Crippen molar-refractivity contribution in [2.75, 3.05) is 7.11 Å². The van der Waals surface area contributed by atoms with Crippen LogP contribution >= 0.6 is 0 Å². The monoisotopic (exact) mass is 355 g/mol. The van der Waals surface area contributed by atoms with E-state index < -0.39 is 10.8 Å². The first-order chi connectivity index (χ1) is 12.6. The minimum absolute atomic E-state index is 0.121. The van der Waals surface area contributed by atoms with Crippen molar-refractivity contribution in [3.8, 4) is 17.1 Å². The van der Waals surface area contributed by atoms with Crippen LogP contribution in [0, 0.1) is 10.1 Å². The van der Waals surface area contributed by atoms with Gasteiger partial charge in [0.05, 0.1) is 36.1 Å². The van der Waals surface area contributed by atoms with Crippen molar-refractivity contribution >= 4 is 17.8 Å². The summed E-state index contributed by atoms with van der Waals surface area (Å²) in [5, 5.41) is 15.0. The molecule has 0 saturated heterocycles. The highest BCUT2D eigenvalue weighted by Gasteiger charge is 2.19. The zero-order chi connectivity index (χ0) is 18.5. The smallest absolute Gasteiger partial charge is 0.307 e. The third kappa shape index (κ3) is 3.61. The molecule has 9 heteroatoms. The van der Waals surface area contributed by atoms with Gasteiger partial charge in [0.1, 0.15) is 17.3 Å². The minimum atomic E-state index is -0.516. The van der Waals surface area contributed by atoms with E-state index in [-0.39, 0.29) is 17.2 Å². The second kappa shape index (κ2) is 7.34. The van der Waals surface area contributed by atoms with Gasteiger partial charge in [-0.1, -0.05) is 0 Å².